The minimum absolute atomic E-state index is 0.922. The molecule has 2 heterocycles. The summed E-state index contributed by atoms with van der Waals surface area (Å²) in [5, 5.41) is 0. The van der Waals surface area contributed by atoms with Crippen LogP contribution in [0.3, 0.4) is 0 Å². The molecular formula is C11H20N4S. The molecule has 90 valence electrons. The second kappa shape index (κ2) is 6.27. The van der Waals surface area contributed by atoms with Gasteiger partial charge in [-0.05, 0) is 24.5 Å². The molecule has 0 saturated carbocycles. The summed E-state index contributed by atoms with van der Waals surface area (Å²) in [5.41, 5.74) is 1.81. The van der Waals surface area contributed by atoms with Gasteiger partial charge in [0.15, 0.2) is 5.82 Å². The number of aromatic nitrogens is 2. The maximum Gasteiger partial charge on any atom is 0.156 e. The Balaban J connectivity index is 1.69. The van der Waals surface area contributed by atoms with Crippen LogP contribution in [0.2, 0.25) is 0 Å². The monoisotopic (exact) mass is 240 g/mol. The Morgan fingerprint density at radius 2 is 2.00 bits per heavy atom. The summed E-state index contributed by atoms with van der Waals surface area (Å²) in [6.07, 6.45) is 2.62. The smallest absolute Gasteiger partial charge is 0.156 e. The Hall–Kier alpha value is -0.520. The highest BCUT2D eigenvalue weighted by molar-refractivity contribution is 7.03. The van der Waals surface area contributed by atoms with Gasteiger partial charge in [-0.3, -0.25) is 4.90 Å². The lowest BCUT2D eigenvalue weighted by Crippen LogP contribution is -2.46. The molecule has 0 atom stereocenters. The molecule has 0 bridgehead atoms. The van der Waals surface area contributed by atoms with E-state index in [1.807, 2.05) is 5.51 Å². The van der Waals surface area contributed by atoms with Gasteiger partial charge in [-0.1, -0.05) is 13.3 Å². The Kier molecular flexibility index (Phi) is 4.69. The Morgan fingerprint density at radius 1 is 1.25 bits per heavy atom. The van der Waals surface area contributed by atoms with Crippen LogP contribution in [0, 0.1) is 0 Å². The van der Waals surface area contributed by atoms with E-state index in [9.17, 15) is 0 Å². The first-order valence-corrected chi connectivity index (χ1v) is 6.92. The highest BCUT2D eigenvalue weighted by Crippen LogP contribution is 2.07. The van der Waals surface area contributed by atoms with Gasteiger partial charge >= 0.3 is 0 Å². The van der Waals surface area contributed by atoms with Crippen LogP contribution in [0.4, 0.5) is 0 Å². The van der Waals surface area contributed by atoms with Crippen LogP contribution in [-0.4, -0.2) is 51.9 Å². The number of rotatable bonds is 5. The van der Waals surface area contributed by atoms with E-state index in [4.69, 9.17) is 0 Å². The van der Waals surface area contributed by atoms with Gasteiger partial charge in [0.1, 0.15) is 5.51 Å². The molecule has 0 radical (unpaired) electrons. The molecule has 4 nitrogen and oxygen atoms in total. The number of nitrogens with zero attached hydrogens (tertiary/aromatic N) is 4. The highest BCUT2D eigenvalue weighted by atomic mass is 32.1. The summed E-state index contributed by atoms with van der Waals surface area (Å²) in [6, 6.07) is 0. The van der Waals surface area contributed by atoms with Gasteiger partial charge in [0.2, 0.25) is 0 Å². The first-order valence-electron chi connectivity index (χ1n) is 6.08. The SMILES string of the molecule is CCCCN1CCN(Cc2ncsn2)CC1. The maximum absolute atomic E-state index is 4.25. The van der Waals surface area contributed by atoms with Crippen LogP contribution < -0.4 is 0 Å². The molecule has 0 unspecified atom stereocenters. The van der Waals surface area contributed by atoms with Gasteiger partial charge in [0, 0.05) is 26.2 Å². The number of piperazine rings is 1. The quantitative estimate of drug-likeness (QED) is 0.780. The first-order chi connectivity index (χ1) is 7.88. The van der Waals surface area contributed by atoms with Crippen molar-refractivity contribution >= 4 is 11.5 Å². The van der Waals surface area contributed by atoms with E-state index >= 15 is 0 Å². The maximum atomic E-state index is 4.25. The average molecular weight is 240 g/mol. The van der Waals surface area contributed by atoms with Crippen LogP contribution in [0.1, 0.15) is 25.6 Å². The molecule has 1 fully saturated rings. The summed E-state index contributed by atoms with van der Waals surface area (Å²) in [6.45, 7) is 9.15. The van der Waals surface area contributed by atoms with Gasteiger partial charge in [0.05, 0.1) is 6.54 Å². The van der Waals surface area contributed by atoms with Gasteiger partial charge < -0.3 is 4.90 Å². The lowest BCUT2D eigenvalue weighted by atomic mass is 10.2. The molecule has 0 aromatic carbocycles. The minimum Gasteiger partial charge on any atom is -0.301 e. The molecule has 0 aliphatic carbocycles. The van der Waals surface area contributed by atoms with Crippen LogP contribution in [0.15, 0.2) is 5.51 Å². The van der Waals surface area contributed by atoms with Crippen molar-refractivity contribution in [2.45, 2.75) is 26.3 Å². The molecule has 1 aromatic rings. The van der Waals surface area contributed by atoms with Crippen LogP contribution in [0.5, 0.6) is 0 Å². The minimum atomic E-state index is 0.922. The third-order valence-electron chi connectivity index (χ3n) is 3.06. The van der Waals surface area contributed by atoms with Crippen molar-refractivity contribution < 1.29 is 0 Å². The predicted molar refractivity (Wildman–Crippen MR) is 66.5 cm³/mol. The van der Waals surface area contributed by atoms with Crippen molar-refractivity contribution in [3.8, 4) is 0 Å². The summed E-state index contributed by atoms with van der Waals surface area (Å²) >= 11 is 1.44. The topological polar surface area (TPSA) is 32.3 Å². The summed E-state index contributed by atoms with van der Waals surface area (Å²) in [4.78, 5) is 9.24. The van der Waals surface area contributed by atoms with E-state index in [-0.39, 0.29) is 0 Å². The molecule has 0 N–H and O–H groups in total. The Morgan fingerprint density at radius 3 is 2.62 bits per heavy atom. The van der Waals surface area contributed by atoms with Crippen LogP contribution in [-0.2, 0) is 6.54 Å². The summed E-state index contributed by atoms with van der Waals surface area (Å²) in [5.74, 6) is 0.979. The van der Waals surface area contributed by atoms with Gasteiger partial charge in [0.25, 0.3) is 0 Å². The van der Waals surface area contributed by atoms with Crippen molar-refractivity contribution in [2.24, 2.45) is 0 Å². The number of hydrogen-bond acceptors (Lipinski definition) is 5. The van der Waals surface area contributed by atoms with Crippen molar-refractivity contribution in [3.63, 3.8) is 0 Å². The third kappa shape index (κ3) is 3.50. The van der Waals surface area contributed by atoms with Crippen molar-refractivity contribution in [2.75, 3.05) is 32.7 Å². The molecule has 1 aliphatic heterocycles. The standard InChI is InChI=1S/C11H20N4S/c1-2-3-4-14-5-7-15(8-6-14)9-11-12-10-16-13-11/h10H,2-9H2,1H3. The molecule has 1 aliphatic rings. The zero-order valence-electron chi connectivity index (χ0n) is 9.93. The highest BCUT2D eigenvalue weighted by Gasteiger charge is 2.17. The van der Waals surface area contributed by atoms with E-state index < -0.39 is 0 Å². The normalized spacial score (nSPS) is 19.1. The third-order valence-corrected chi connectivity index (χ3v) is 3.58. The summed E-state index contributed by atoms with van der Waals surface area (Å²) in [7, 11) is 0. The van der Waals surface area contributed by atoms with Crippen LogP contribution in [0.25, 0.3) is 0 Å². The molecule has 1 saturated heterocycles. The molecule has 5 heteroatoms. The molecule has 2 rings (SSSR count). The first kappa shape index (κ1) is 12.0. The van der Waals surface area contributed by atoms with E-state index in [2.05, 4.69) is 26.1 Å². The second-order valence-corrected chi connectivity index (χ2v) is 4.92. The van der Waals surface area contributed by atoms with E-state index in [1.54, 1.807) is 0 Å². The second-order valence-electron chi connectivity index (χ2n) is 4.32. The number of hydrogen-bond donors (Lipinski definition) is 0. The van der Waals surface area contributed by atoms with E-state index in [0.29, 0.717) is 0 Å². The molecular weight excluding hydrogens is 220 g/mol. The van der Waals surface area contributed by atoms with E-state index in [0.717, 1.165) is 25.5 Å². The van der Waals surface area contributed by atoms with Gasteiger partial charge in [-0.25, -0.2) is 4.98 Å². The van der Waals surface area contributed by atoms with Crippen molar-refractivity contribution in [1.29, 1.82) is 0 Å². The van der Waals surface area contributed by atoms with E-state index in [1.165, 1.54) is 44.0 Å². The lowest BCUT2D eigenvalue weighted by molar-refractivity contribution is 0.124. The zero-order valence-corrected chi connectivity index (χ0v) is 10.7. The molecule has 1 aromatic heterocycles. The molecule has 0 spiro atoms. The van der Waals surface area contributed by atoms with Crippen LogP contribution >= 0.6 is 11.5 Å². The average Bonchev–Trinajstić information content (AvgIpc) is 2.81. The molecule has 16 heavy (non-hydrogen) atoms. The largest absolute Gasteiger partial charge is 0.301 e. The Bertz CT molecular complexity index is 280. The fourth-order valence-corrected chi connectivity index (χ4v) is 2.46. The van der Waals surface area contributed by atoms with Crippen molar-refractivity contribution in [1.82, 2.24) is 19.2 Å². The van der Waals surface area contributed by atoms with Gasteiger partial charge in [-0.15, -0.1) is 0 Å². The Labute approximate surface area is 101 Å². The summed E-state index contributed by atoms with van der Waals surface area (Å²) < 4.78 is 4.25. The van der Waals surface area contributed by atoms with Crippen molar-refractivity contribution in [3.05, 3.63) is 11.3 Å². The fourth-order valence-electron chi connectivity index (χ4n) is 2.01. The lowest BCUT2D eigenvalue weighted by Gasteiger charge is -2.34. The number of unbranched alkanes of at least 4 members (excludes halogenated alkanes) is 1. The predicted octanol–water partition coefficient (Wildman–Crippen LogP) is 1.46. The zero-order chi connectivity index (χ0) is 11.2. The fraction of sp³-hybridized carbons (Fsp3) is 0.818. The van der Waals surface area contributed by atoms with Gasteiger partial charge in [-0.2, -0.15) is 4.37 Å². The molecule has 0 amide bonds.